The summed E-state index contributed by atoms with van der Waals surface area (Å²) in [7, 11) is 0. The van der Waals surface area contributed by atoms with Crippen molar-refractivity contribution < 1.29 is 4.74 Å². The average molecular weight is 223 g/mol. The second-order valence-electron chi connectivity index (χ2n) is 4.32. The summed E-state index contributed by atoms with van der Waals surface area (Å²) in [4.78, 5) is 8.62. The molecule has 0 radical (unpaired) electrons. The van der Waals surface area contributed by atoms with E-state index in [2.05, 4.69) is 29.1 Å². The minimum Gasteiger partial charge on any atom is -0.379 e. The van der Waals surface area contributed by atoms with E-state index in [9.17, 15) is 0 Å². The van der Waals surface area contributed by atoms with E-state index in [0.29, 0.717) is 12.5 Å². The largest absolute Gasteiger partial charge is 0.379 e. The van der Waals surface area contributed by atoms with Gasteiger partial charge in [-0.3, -0.25) is 4.98 Å². The number of nitrogens with zero attached hydrogens (tertiary/aromatic N) is 2. The normalized spacial score (nSPS) is 10.8. The van der Waals surface area contributed by atoms with Crippen LogP contribution in [0.25, 0.3) is 0 Å². The lowest BCUT2D eigenvalue weighted by Gasteiger charge is -2.09. The first-order valence-corrected chi connectivity index (χ1v) is 5.71. The van der Waals surface area contributed by atoms with Crippen LogP contribution in [0.2, 0.25) is 0 Å². The summed E-state index contributed by atoms with van der Waals surface area (Å²) < 4.78 is 5.46. The number of anilines is 1. The molecule has 0 amide bonds. The van der Waals surface area contributed by atoms with E-state index in [1.54, 1.807) is 6.20 Å². The lowest BCUT2D eigenvalue weighted by Crippen LogP contribution is -2.13. The minimum atomic E-state index is 0.585. The first kappa shape index (κ1) is 12.9. The van der Waals surface area contributed by atoms with E-state index in [1.807, 2.05) is 13.8 Å². The van der Waals surface area contributed by atoms with Crippen molar-refractivity contribution in [2.24, 2.45) is 5.92 Å². The Balaban J connectivity index is 2.24. The maximum Gasteiger partial charge on any atom is 0.144 e. The third-order valence-electron chi connectivity index (χ3n) is 2.20. The third-order valence-corrected chi connectivity index (χ3v) is 2.20. The van der Waals surface area contributed by atoms with Crippen molar-refractivity contribution in [2.75, 3.05) is 25.1 Å². The summed E-state index contributed by atoms with van der Waals surface area (Å²) in [5.41, 5.74) is 1.94. The SMILES string of the molecule is Cc1ncc(NCCOCC(C)C)nc1C. The van der Waals surface area contributed by atoms with E-state index in [4.69, 9.17) is 4.74 Å². The van der Waals surface area contributed by atoms with Crippen LogP contribution in [-0.2, 0) is 4.74 Å². The van der Waals surface area contributed by atoms with Crippen LogP contribution >= 0.6 is 0 Å². The molecule has 0 saturated heterocycles. The number of rotatable bonds is 6. The molecule has 0 aliphatic rings. The molecule has 4 heteroatoms. The van der Waals surface area contributed by atoms with Crippen LogP contribution in [-0.4, -0.2) is 29.7 Å². The molecule has 1 aromatic heterocycles. The summed E-state index contributed by atoms with van der Waals surface area (Å²) in [6.45, 7) is 10.5. The van der Waals surface area contributed by atoms with E-state index in [0.717, 1.165) is 30.4 Å². The van der Waals surface area contributed by atoms with Gasteiger partial charge in [0.15, 0.2) is 0 Å². The highest BCUT2D eigenvalue weighted by Crippen LogP contribution is 2.04. The molecular formula is C12H21N3O. The van der Waals surface area contributed by atoms with Gasteiger partial charge in [-0.2, -0.15) is 0 Å². The maximum absolute atomic E-state index is 5.46. The molecule has 4 nitrogen and oxygen atoms in total. The molecule has 90 valence electrons. The smallest absolute Gasteiger partial charge is 0.144 e. The van der Waals surface area contributed by atoms with Crippen molar-refractivity contribution in [3.05, 3.63) is 17.6 Å². The predicted octanol–water partition coefficient (Wildman–Crippen LogP) is 2.18. The molecule has 0 aliphatic heterocycles. The van der Waals surface area contributed by atoms with Gasteiger partial charge in [-0.25, -0.2) is 4.98 Å². The molecule has 1 aromatic rings. The number of hydrogen-bond donors (Lipinski definition) is 1. The fourth-order valence-corrected chi connectivity index (χ4v) is 1.20. The van der Waals surface area contributed by atoms with Gasteiger partial charge in [-0.1, -0.05) is 13.8 Å². The Labute approximate surface area is 97.5 Å². The first-order chi connectivity index (χ1) is 7.59. The molecule has 0 atom stereocenters. The molecule has 0 unspecified atom stereocenters. The Hall–Kier alpha value is -1.16. The van der Waals surface area contributed by atoms with Crippen molar-refractivity contribution in [1.82, 2.24) is 9.97 Å². The van der Waals surface area contributed by atoms with Crippen molar-refractivity contribution >= 4 is 5.82 Å². The van der Waals surface area contributed by atoms with Gasteiger partial charge >= 0.3 is 0 Å². The highest BCUT2D eigenvalue weighted by Gasteiger charge is 1.98. The van der Waals surface area contributed by atoms with Gasteiger partial charge in [0.25, 0.3) is 0 Å². The summed E-state index contributed by atoms with van der Waals surface area (Å²) in [5, 5.41) is 3.19. The lowest BCUT2D eigenvalue weighted by molar-refractivity contribution is 0.118. The minimum absolute atomic E-state index is 0.585. The Morgan fingerprint density at radius 3 is 2.69 bits per heavy atom. The molecular weight excluding hydrogens is 202 g/mol. The zero-order valence-electron chi connectivity index (χ0n) is 10.6. The quantitative estimate of drug-likeness (QED) is 0.751. The fourth-order valence-electron chi connectivity index (χ4n) is 1.20. The molecule has 0 spiro atoms. The number of hydrogen-bond acceptors (Lipinski definition) is 4. The van der Waals surface area contributed by atoms with Crippen LogP contribution in [0.4, 0.5) is 5.82 Å². The summed E-state index contributed by atoms with van der Waals surface area (Å²) in [6.07, 6.45) is 1.75. The fraction of sp³-hybridized carbons (Fsp3) is 0.667. The molecule has 0 bridgehead atoms. The van der Waals surface area contributed by atoms with E-state index < -0.39 is 0 Å². The van der Waals surface area contributed by atoms with Gasteiger partial charge < -0.3 is 10.1 Å². The van der Waals surface area contributed by atoms with Crippen molar-refractivity contribution in [1.29, 1.82) is 0 Å². The highest BCUT2D eigenvalue weighted by atomic mass is 16.5. The molecule has 0 aliphatic carbocycles. The average Bonchev–Trinajstić information content (AvgIpc) is 2.22. The number of ether oxygens (including phenoxy) is 1. The second-order valence-corrected chi connectivity index (χ2v) is 4.32. The van der Waals surface area contributed by atoms with Gasteiger partial charge in [0.05, 0.1) is 24.2 Å². The van der Waals surface area contributed by atoms with E-state index >= 15 is 0 Å². The van der Waals surface area contributed by atoms with Crippen LogP contribution < -0.4 is 5.32 Å². The monoisotopic (exact) mass is 223 g/mol. The number of aryl methyl sites for hydroxylation is 2. The third kappa shape index (κ3) is 4.57. The van der Waals surface area contributed by atoms with Gasteiger partial charge in [0.2, 0.25) is 0 Å². The zero-order valence-corrected chi connectivity index (χ0v) is 10.6. The van der Waals surface area contributed by atoms with E-state index in [1.165, 1.54) is 0 Å². The molecule has 0 aromatic carbocycles. The highest BCUT2D eigenvalue weighted by molar-refractivity contribution is 5.33. The van der Waals surface area contributed by atoms with Gasteiger partial charge in [-0.15, -0.1) is 0 Å². The topological polar surface area (TPSA) is 47.0 Å². The standard InChI is InChI=1S/C12H21N3O/c1-9(2)8-16-6-5-13-12-7-14-10(3)11(4)15-12/h7,9H,5-6,8H2,1-4H3,(H,13,15). The molecule has 0 fully saturated rings. The zero-order chi connectivity index (χ0) is 12.0. The van der Waals surface area contributed by atoms with Gasteiger partial charge in [-0.05, 0) is 19.8 Å². The van der Waals surface area contributed by atoms with Crippen molar-refractivity contribution in [3.8, 4) is 0 Å². The van der Waals surface area contributed by atoms with Crippen LogP contribution in [0.3, 0.4) is 0 Å². The van der Waals surface area contributed by atoms with Crippen molar-refractivity contribution in [3.63, 3.8) is 0 Å². The molecule has 1 rings (SSSR count). The van der Waals surface area contributed by atoms with Crippen molar-refractivity contribution in [2.45, 2.75) is 27.7 Å². The number of aromatic nitrogens is 2. The Bertz CT molecular complexity index is 326. The predicted molar refractivity (Wildman–Crippen MR) is 65.7 cm³/mol. The summed E-state index contributed by atoms with van der Waals surface area (Å²) in [6, 6.07) is 0. The Kier molecular flexibility index (Phi) is 5.19. The maximum atomic E-state index is 5.46. The van der Waals surface area contributed by atoms with Crippen LogP contribution in [0, 0.1) is 19.8 Å². The molecule has 16 heavy (non-hydrogen) atoms. The van der Waals surface area contributed by atoms with Gasteiger partial charge in [0.1, 0.15) is 5.82 Å². The van der Waals surface area contributed by atoms with Crippen LogP contribution in [0.1, 0.15) is 25.2 Å². The summed E-state index contributed by atoms with van der Waals surface area (Å²) in [5.74, 6) is 1.40. The first-order valence-electron chi connectivity index (χ1n) is 5.71. The van der Waals surface area contributed by atoms with Crippen LogP contribution in [0.5, 0.6) is 0 Å². The molecule has 0 saturated carbocycles. The number of nitrogens with one attached hydrogen (secondary N) is 1. The lowest BCUT2D eigenvalue weighted by atomic mass is 10.2. The molecule has 1 heterocycles. The van der Waals surface area contributed by atoms with E-state index in [-0.39, 0.29) is 0 Å². The molecule has 1 N–H and O–H groups in total. The summed E-state index contributed by atoms with van der Waals surface area (Å²) >= 11 is 0. The Morgan fingerprint density at radius 1 is 1.31 bits per heavy atom. The Morgan fingerprint density at radius 2 is 2.06 bits per heavy atom. The second kappa shape index (κ2) is 6.43. The van der Waals surface area contributed by atoms with Gasteiger partial charge in [0, 0.05) is 13.2 Å². The van der Waals surface area contributed by atoms with Crippen LogP contribution in [0.15, 0.2) is 6.20 Å².